The molecule has 2 aliphatic heterocycles. The van der Waals surface area contributed by atoms with Crippen LogP contribution < -0.4 is 9.80 Å². The Hall–Kier alpha value is -3.08. The van der Waals surface area contributed by atoms with Crippen LogP contribution >= 0.6 is 0 Å². The van der Waals surface area contributed by atoms with Crippen molar-refractivity contribution in [2.45, 2.75) is 73.6 Å². The van der Waals surface area contributed by atoms with Crippen LogP contribution in [0.2, 0.25) is 0 Å². The quantitative estimate of drug-likeness (QED) is 0.105. The number of hydrogen-bond donors (Lipinski definition) is 1. The van der Waals surface area contributed by atoms with Gasteiger partial charge in [-0.25, -0.2) is 0 Å². The van der Waals surface area contributed by atoms with E-state index in [0.717, 1.165) is 60.2 Å². The van der Waals surface area contributed by atoms with Crippen molar-refractivity contribution in [3.8, 4) is 5.69 Å². The molecule has 1 N–H and O–H groups in total. The van der Waals surface area contributed by atoms with Gasteiger partial charge in [-0.3, -0.25) is 4.79 Å². The average Bonchev–Trinajstić information content (AvgIpc) is 3.56. The average molecular weight is 759 g/mol. The van der Waals surface area contributed by atoms with Crippen LogP contribution in [0.15, 0.2) is 60.4 Å². The number of aliphatic hydroxyl groups is 1. The number of anilines is 3. The molecule has 5 nitrogen and oxygen atoms in total. The summed E-state index contributed by atoms with van der Waals surface area (Å²) in [7, 11) is 0. The summed E-state index contributed by atoms with van der Waals surface area (Å²) >= 11 is 0. The molecule has 3 aromatic carbocycles. The normalized spacial score (nSPS) is 14.9. The van der Waals surface area contributed by atoms with Gasteiger partial charge in [0, 0.05) is 64.1 Å². The van der Waals surface area contributed by atoms with Gasteiger partial charge in [0.15, 0.2) is 5.78 Å². The van der Waals surface area contributed by atoms with Gasteiger partial charge in [-0.2, -0.15) is 24.9 Å². The van der Waals surface area contributed by atoms with Crippen molar-refractivity contribution in [1.29, 1.82) is 0 Å². The zero-order valence-corrected chi connectivity index (χ0v) is 28.5. The number of ketones is 1. The van der Waals surface area contributed by atoms with Crippen LogP contribution in [0.25, 0.3) is 27.5 Å². The number of carbonyl (C=O) groups excluding carboxylic acids is 1. The third-order valence-corrected chi connectivity index (χ3v) is 8.73. The van der Waals surface area contributed by atoms with E-state index >= 15 is 0 Å². The molecule has 0 saturated heterocycles. The van der Waals surface area contributed by atoms with E-state index in [2.05, 4.69) is 54.8 Å². The topological polar surface area (TPSA) is 48.7 Å². The smallest absolute Gasteiger partial charge is 0.162 e. The molecule has 43 heavy (non-hydrogen) atoms. The molecule has 0 bridgehead atoms. The number of para-hydroxylation sites is 1. The van der Waals surface area contributed by atoms with E-state index in [4.69, 9.17) is 4.11 Å². The number of allylic oxidation sites excluding steroid dienone is 2. The maximum atomic E-state index is 11.7. The van der Waals surface area contributed by atoms with Crippen LogP contribution in [0.3, 0.4) is 0 Å². The summed E-state index contributed by atoms with van der Waals surface area (Å²) in [5.41, 5.74) is 7.07. The fraction of sp³-hybridized carbons (Fsp3) is 0.405. The minimum atomic E-state index is -2.25. The number of aliphatic hydroxyl groups excluding tert-OH is 1. The molecule has 6 heteroatoms. The van der Waals surface area contributed by atoms with Crippen molar-refractivity contribution in [3.05, 3.63) is 78.7 Å². The summed E-state index contributed by atoms with van der Waals surface area (Å²) in [5.74, 6) is 1.09. The minimum Gasteiger partial charge on any atom is -0.512 e. The monoisotopic (exact) mass is 759 g/mol. The first kappa shape index (κ1) is 28.7. The second-order valence-corrected chi connectivity index (χ2v) is 11.8. The van der Waals surface area contributed by atoms with E-state index in [0.29, 0.717) is 11.6 Å². The number of nitrogens with zero attached hydrogens (tertiary/aromatic N) is 3. The van der Waals surface area contributed by atoms with Crippen molar-refractivity contribution in [3.63, 3.8) is 0 Å². The van der Waals surface area contributed by atoms with Gasteiger partial charge in [-0.05, 0) is 68.4 Å². The van der Waals surface area contributed by atoms with Gasteiger partial charge >= 0.3 is 0 Å². The molecule has 0 fully saturated rings. The Kier molecular flexibility index (Phi) is 9.13. The van der Waals surface area contributed by atoms with E-state index in [1.54, 1.807) is 6.67 Å². The minimum absolute atomic E-state index is 0. The molecule has 0 unspecified atom stereocenters. The maximum Gasteiger partial charge on any atom is 0.162 e. The molecule has 0 amide bonds. The van der Waals surface area contributed by atoms with Crippen LogP contribution in [0.5, 0.6) is 0 Å². The summed E-state index contributed by atoms with van der Waals surface area (Å²) < 4.78 is 26.4. The molecular formula is C37H45IrN3O2-2. The molecule has 0 atom stereocenters. The first-order valence-electron chi connectivity index (χ1n) is 16.9. The Morgan fingerprint density at radius 2 is 1.72 bits per heavy atom. The first-order chi connectivity index (χ1) is 21.5. The Morgan fingerprint density at radius 1 is 1.00 bits per heavy atom. The SMILES string of the molecule is CCC(CC)C(=O)/C=C(\O)C(CC)CC.[2H]C([2H])([2H])N1[CH-]N2c3[c-]cccc3-n3c4cccc(CC(C)C)c4c4ccc1c2c43.[Ir]. The number of benzene rings is 3. The molecule has 231 valence electrons. The summed E-state index contributed by atoms with van der Waals surface area (Å²) in [4.78, 5) is 15.1. The zero-order chi connectivity index (χ0) is 32.6. The van der Waals surface area contributed by atoms with E-state index in [9.17, 15) is 9.90 Å². The summed E-state index contributed by atoms with van der Waals surface area (Å²) in [6, 6.07) is 19.8. The van der Waals surface area contributed by atoms with Gasteiger partial charge in [0.2, 0.25) is 0 Å². The van der Waals surface area contributed by atoms with Crippen LogP contribution in [0.1, 0.15) is 76.9 Å². The standard InChI is InChI=1S/C24H21N3.C13H24O2.Ir/c1-15(2)13-16-7-6-10-20-22(16)17-11-12-21-24-23(17)27(20)19-9-5-4-8-18(19)26(24)14-25(21)3;1-5-10(6-2)12(14)9-13(15)11(7-3)8-4;/h4-7,9-12,14-15H,13H2,1-3H3;9-11,14H,5-8H2,1-4H3;/q-2;;/b;12-9-;/i3D3;;. The molecular weight excluding hydrogens is 711 g/mol. The van der Waals surface area contributed by atoms with Gasteiger partial charge in [-0.15, -0.1) is 6.07 Å². The number of rotatable bonds is 9. The third-order valence-electron chi connectivity index (χ3n) is 8.73. The van der Waals surface area contributed by atoms with Crippen molar-refractivity contribution < 1.29 is 34.1 Å². The molecule has 1 aromatic heterocycles. The molecule has 3 heterocycles. The second-order valence-electron chi connectivity index (χ2n) is 11.8. The van der Waals surface area contributed by atoms with E-state index in [-0.39, 0.29) is 43.5 Å². The van der Waals surface area contributed by atoms with Crippen LogP contribution in [0, 0.1) is 30.5 Å². The number of fused-ring (bicyclic) bond motifs is 6. The second kappa shape index (κ2) is 13.7. The summed E-state index contributed by atoms with van der Waals surface area (Å²) in [6.07, 6.45) is 5.90. The first-order valence-corrected chi connectivity index (χ1v) is 15.4. The fourth-order valence-corrected chi connectivity index (χ4v) is 6.47. The van der Waals surface area contributed by atoms with Gasteiger partial charge in [0.1, 0.15) is 0 Å². The Labute approximate surface area is 275 Å². The maximum absolute atomic E-state index is 11.7. The fourth-order valence-electron chi connectivity index (χ4n) is 6.47. The molecule has 4 aromatic rings. The molecule has 0 spiro atoms. The third kappa shape index (κ3) is 5.89. The van der Waals surface area contributed by atoms with Crippen LogP contribution in [-0.4, -0.2) is 22.4 Å². The van der Waals surface area contributed by atoms with Gasteiger partial charge < -0.3 is 19.5 Å². The van der Waals surface area contributed by atoms with Crippen molar-refractivity contribution in [2.24, 2.45) is 17.8 Å². The number of hydrogen-bond acceptors (Lipinski definition) is 4. The number of carbonyl (C=O) groups is 1. The van der Waals surface area contributed by atoms with E-state index in [1.807, 2.05) is 50.8 Å². The van der Waals surface area contributed by atoms with E-state index < -0.39 is 6.98 Å². The van der Waals surface area contributed by atoms with Crippen LogP contribution in [-0.2, 0) is 31.3 Å². The summed E-state index contributed by atoms with van der Waals surface area (Å²) in [6.45, 7) is 12.0. The van der Waals surface area contributed by atoms with Gasteiger partial charge in [0.25, 0.3) is 0 Å². The largest absolute Gasteiger partial charge is 0.512 e. The predicted molar refractivity (Wildman–Crippen MR) is 177 cm³/mol. The van der Waals surface area contributed by atoms with Crippen molar-refractivity contribution in [2.75, 3.05) is 16.8 Å². The zero-order valence-electron chi connectivity index (χ0n) is 29.1. The Balaban J connectivity index is 0.000000259. The van der Waals surface area contributed by atoms with Crippen LogP contribution in [0.4, 0.5) is 17.1 Å². The predicted octanol–water partition coefficient (Wildman–Crippen LogP) is 9.67. The van der Waals surface area contributed by atoms with Crippen molar-refractivity contribution >= 4 is 44.7 Å². The summed E-state index contributed by atoms with van der Waals surface area (Å²) in [5, 5.41) is 12.2. The van der Waals surface area contributed by atoms with Gasteiger partial charge in [0.05, 0.1) is 17.0 Å². The molecule has 1 radical (unpaired) electrons. The van der Waals surface area contributed by atoms with E-state index in [1.165, 1.54) is 27.3 Å². The van der Waals surface area contributed by atoms with Gasteiger partial charge in [-0.1, -0.05) is 65.4 Å². The Bertz CT molecular complexity index is 1740. The molecule has 0 aliphatic carbocycles. The Morgan fingerprint density at radius 3 is 2.37 bits per heavy atom. The molecule has 0 saturated carbocycles. The molecule has 2 aliphatic rings. The van der Waals surface area contributed by atoms with Crippen molar-refractivity contribution in [1.82, 2.24) is 4.57 Å². The molecule has 6 rings (SSSR count). The number of aromatic nitrogens is 1.